The largest absolute Gasteiger partial charge is 0.497 e. The molecule has 2 aromatic rings. The number of benzene rings is 2. The van der Waals surface area contributed by atoms with Gasteiger partial charge in [-0.3, -0.25) is 4.79 Å². The second-order valence-corrected chi connectivity index (χ2v) is 7.03. The van der Waals surface area contributed by atoms with E-state index >= 15 is 0 Å². The molecule has 0 radical (unpaired) electrons. The number of hydrogen-bond acceptors (Lipinski definition) is 4. The van der Waals surface area contributed by atoms with Crippen LogP contribution in [0.2, 0.25) is 0 Å². The number of methoxy groups -OCH3 is 1. The highest BCUT2D eigenvalue weighted by Crippen LogP contribution is 2.38. The van der Waals surface area contributed by atoms with E-state index < -0.39 is 0 Å². The maximum atomic E-state index is 12.9. The fourth-order valence-electron chi connectivity index (χ4n) is 3.82. The first-order valence-electron chi connectivity index (χ1n) is 9.56. The van der Waals surface area contributed by atoms with Crippen molar-refractivity contribution in [3.05, 3.63) is 53.6 Å². The molecule has 1 unspecified atom stereocenters. The summed E-state index contributed by atoms with van der Waals surface area (Å²) in [5.41, 5.74) is 2.13. The van der Waals surface area contributed by atoms with Gasteiger partial charge in [-0.2, -0.15) is 0 Å². The summed E-state index contributed by atoms with van der Waals surface area (Å²) in [6.07, 6.45) is 3.30. The van der Waals surface area contributed by atoms with Crippen LogP contribution >= 0.6 is 0 Å². The van der Waals surface area contributed by atoms with Crippen molar-refractivity contribution in [2.45, 2.75) is 31.7 Å². The van der Waals surface area contributed by atoms with E-state index in [1.807, 2.05) is 41.3 Å². The SMILES string of the molecule is COc1ccc(CC(=O)N2CCCC2c2ccc3c(c2)OCCCO3)cc1. The quantitative estimate of drug-likeness (QED) is 0.826. The van der Waals surface area contributed by atoms with Crippen LogP contribution in [0.4, 0.5) is 0 Å². The first-order chi connectivity index (χ1) is 13.2. The van der Waals surface area contributed by atoms with Crippen molar-refractivity contribution >= 4 is 5.91 Å². The summed E-state index contributed by atoms with van der Waals surface area (Å²) in [4.78, 5) is 14.9. The Morgan fingerprint density at radius 3 is 2.63 bits per heavy atom. The normalized spacial score (nSPS) is 18.9. The molecule has 0 spiro atoms. The highest BCUT2D eigenvalue weighted by molar-refractivity contribution is 5.79. The highest BCUT2D eigenvalue weighted by Gasteiger charge is 2.30. The molecule has 142 valence electrons. The van der Waals surface area contributed by atoms with Crippen LogP contribution in [-0.4, -0.2) is 37.7 Å². The second kappa shape index (κ2) is 7.91. The van der Waals surface area contributed by atoms with Gasteiger partial charge >= 0.3 is 0 Å². The highest BCUT2D eigenvalue weighted by atomic mass is 16.5. The summed E-state index contributed by atoms with van der Waals surface area (Å²) in [7, 11) is 1.64. The molecule has 2 heterocycles. The minimum atomic E-state index is 0.105. The molecule has 0 bridgehead atoms. The van der Waals surface area contributed by atoms with Crippen molar-refractivity contribution in [2.75, 3.05) is 26.9 Å². The van der Waals surface area contributed by atoms with Crippen LogP contribution in [-0.2, 0) is 11.2 Å². The van der Waals surface area contributed by atoms with Crippen molar-refractivity contribution in [3.8, 4) is 17.2 Å². The monoisotopic (exact) mass is 367 g/mol. The van der Waals surface area contributed by atoms with Crippen molar-refractivity contribution in [1.29, 1.82) is 0 Å². The molecule has 0 N–H and O–H groups in total. The average Bonchev–Trinajstić information content (AvgIpc) is 3.07. The molecule has 5 nitrogen and oxygen atoms in total. The number of nitrogens with zero attached hydrogens (tertiary/aromatic N) is 1. The van der Waals surface area contributed by atoms with Crippen LogP contribution in [0.5, 0.6) is 17.2 Å². The lowest BCUT2D eigenvalue weighted by Gasteiger charge is -2.26. The third kappa shape index (κ3) is 3.87. The Labute approximate surface area is 159 Å². The zero-order valence-electron chi connectivity index (χ0n) is 15.6. The van der Waals surface area contributed by atoms with Gasteiger partial charge in [0, 0.05) is 13.0 Å². The fourth-order valence-corrected chi connectivity index (χ4v) is 3.82. The smallest absolute Gasteiger partial charge is 0.227 e. The van der Waals surface area contributed by atoms with Gasteiger partial charge in [-0.05, 0) is 48.2 Å². The van der Waals surface area contributed by atoms with Gasteiger partial charge in [-0.15, -0.1) is 0 Å². The lowest BCUT2D eigenvalue weighted by molar-refractivity contribution is -0.131. The number of carbonyl (C=O) groups excluding carboxylic acids is 1. The minimum Gasteiger partial charge on any atom is -0.497 e. The molecule has 4 rings (SSSR count). The second-order valence-electron chi connectivity index (χ2n) is 7.03. The molecule has 27 heavy (non-hydrogen) atoms. The van der Waals surface area contributed by atoms with Gasteiger partial charge in [-0.25, -0.2) is 0 Å². The van der Waals surface area contributed by atoms with Crippen LogP contribution < -0.4 is 14.2 Å². The third-order valence-corrected chi connectivity index (χ3v) is 5.24. The average molecular weight is 367 g/mol. The van der Waals surface area contributed by atoms with Crippen LogP contribution in [0.1, 0.15) is 36.4 Å². The fraction of sp³-hybridized carbons (Fsp3) is 0.409. The molecule has 2 aromatic carbocycles. The Hall–Kier alpha value is -2.69. The summed E-state index contributed by atoms with van der Waals surface area (Å²) in [6.45, 7) is 2.15. The van der Waals surface area contributed by atoms with Gasteiger partial charge in [0.2, 0.25) is 5.91 Å². The zero-order chi connectivity index (χ0) is 18.6. The van der Waals surface area contributed by atoms with E-state index in [0.717, 1.165) is 54.2 Å². The molecule has 2 aliphatic heterocycles. The minimum absolute atomic E-state index is 0.105. The number of rotatable bonds is 4. The Bertz CT molecular complexity index is 802. The van der Waals surface area contributed by atoms with Crippen LogP contribution in [0.15, 0.2) is 42.5 Å². The van der Waals surface area contributed by atoms with Gasteiger partial charge in [-0.1, -0.05) is 18.2 Å². The number of hydrogen-bond donors (Lipinski definition) is 0. The maximum Gasteiger partial charge on any atom is 0.227 e. The van der Waals surface area contributed by atoms with Crippen molar-refractivity contribution in [1.82, 2.24) is 4.90 Å². The van der Waals surface area contributed by atoms with E-state index in [1.165, 1.54) is 0 Å². The van der Waals surface area contributed by atoms with E-state index in [9.17, 15) is 4.79 Å². The van der Waals surface area contributed by atoms with E-state index in [2.05, 4.69) is 6.07 Å². The van der Waals surface area contributed by atoms with Crippen molar-refractivity contribution in [2.24, 2.45) is 0 Å². The van der Waals surface area contributed by atoms with E-state index in [4.69, 9.17) is 14.2 Å². The number of amides is 1. The Morgan fingerprint density at radius 1 is 1.07 bits per heavy atom. The summed E-state index contributed by atoms with van der Waals surface area (Å²) in [5, 5.41) is 0. The van der Waals surface area contributed by atoms with Gasteiger partial charge in [0.1, 0.15) is 5.75 Å². The molecule has 0 aliphatic carbocycles. The van der Waals surface area contributed by atoms with Crippen LogP contribution in [0.25, 0.3) is 0 Å². The number of fused-ring (bicyclic) bond motifs is 1. The number of ether oxygens (including phenoxy) is 3. The van der Waals surface area contributed by atoms with Gasteiger partial charge in [0.25, 0.3) is 0 Å². The molecule has 1 atom stereocenters. The Balaban J connectivity index is 1.49. The molecular formula is C22H25NO4. The molecular weight excluding hydrogens is 342 g/mol. The molecule has 1 amide bonds. The maximum absolute atomic E-state index is 12.9. The van der Waals surface area contributed by atoms with Crippen molar-refractivity contribution < 1.29 is 19.0 Å². The standard InChI is InChI=1S/C22H25NO4/c1-25-18-8-5-16(6-9-18)14-22(24)23-11-2-4-19(23)17-7-10-20-21(15-17)27-13-3-12-26-20/h5-10,15,19H,2-4,11-14H2,1H3. The molecule has 1 saturated heterocycles. The number of likely N-dealkylation sites (tertiary alicyclic amines) is 1. The first kappa shape index (κ1) is 17.7. The predicted octanol–water partition coefficient (Wildman–Crippen LogP) is 3.76. The van der Waals surface area contributed by atoms with Crippen LogP contribution in [0.3, 0.4) is 0 Å². The first-order valence-corrected chi connectivity index (χ1v) is 9.56. The van der Waals surface area contributed by atoms with E-state index in [0.29, 0.717) is 19.6 Å². The lowest BCUT2D eigenvalue weighted by atomic mass is 10.0. The summed E-state index contributed by atoms with van der Waals surface area (Å²) in [6, 6.07) is 13.9. The summed E-state index contributed by atoms with van der Waals surface area (Å²) < 4.78 is 16.7. The van der Waals surface area contributed by atoms with Crippen molar-refractivity contribution in [3.63, 3.8) is 0 Å². The Kier molecular flexibility index (Phi) is 5.19. The number of carbonyl (C=O) groups is 1. The lowest BCUT2D eigenvalue weighted by Crippen LogP contribution is -2.31. The van der Waals surface area contributed by atoms with Gasteiger partial charge < -0.3 is 19.1 Å². The van der Waals surface area contributed by atoms with E-state index in [-0.39, 0.29) is 11.9 Å². The molecule has 2 aliphatic rings. The van der Waals surface area contributed by atoms with Gasteiger partial charge in [0.05, 0.1) is 32.8 Å². The molecule has 0 aromatic heterocycles. The van der Waals surface area contributed by atoms with E-state index in [1.54, 1.807) is 7.11 Å². The van der Waals surface area contributed by atoms with Gasteiger partial charge in [0.15, 0.2) is 11.5 Å². The van der Waals surface area contributed by atoms with Crippen LogP contribution in [0, 0.1) is 0 Å². The summed E-state index contributed by atoms with van der Waals surface area (Å²) >= 11 is 0. The molecule has 1 fully saturated rings. The molecule has 5 heteroatoms. The molecule has 0 saturated carbocycles. The third-order valence-electron chi connectivity index (χ3n) is 5.24. The topological polar surface area (TPSA) is 48.0 Å². The Morgan fingerprint density at radius 2 is 1.85 bits per heavy atom. The zero-order valence-corrected chi connectivity index (χ0v) is 15.6. The summed E-state index contributed by atoms with van der Waals surface area (Å²) in [5.74, 6) is 2.55. The predicted molar refractivity (Wildman–Crippen MR) is 102 cm³/mol.